The highest BCUT2D eigenvalue weighted by Crippen LogP contribution is 2.43. The molecule has 5 unspecified atom stereocenters. The Morgan fingerprint density at radius 1 is 0.719 bits per heavy atom. The Bertz CT molecular complexity index is 1030. The van der Waals surface area contributed by atoms with E-state index in [1.165, 1.54) is 0 Å². The molecule has 0 bridgehead atoms. The zero-order chi connectivity index (χ0) is 21.8. The molecule has 2 aromatic rings. The van der Waals surface area contributed by atoms with Crippen LogP contribution in [0.4, 0.5) is 11.4 Å². The van der Waals surface area contributed by atoms with Crippen molar-refractivity contribution < 1.29 is 23.5 Å². The standard InChI is InChI=1S/C24H28N2O5S/c25-22-19(7-16-11-30-16)18(6-15-10-29-15)20(8-17-12-31-17)24(23(22)26)32(27)21-4-2-1-3-13(21)5-14-9-28-14/h1-4,14-17H,5-12,25-26H2. The van der Waals surface area contributed by atoms with E-state index in [0.29, 0.717) is 29.3 Å². The third-order valence-corrected chi connectivity index (χ3v) is 8.21. The first-order valence-electron chi connectivity index (χ1n) is 11.3. The van der Waals surface area contributed by atoms with Gasteiger partial charge in [-0.3, -0.25) is 0 Å². The number of hydrogen-bond donors (Lipinski definition) is 2. The van der Waals surface area contributed by atoms with E-state index in [9.17, 15) is 4.55 Å². The molecule has 0 aliphatic carbocycles. The van der Waals surface area contributed by atoms with E-state index in [2.05, 4.69) is 0 Å². The minimum Gasteiger partial charge on any atom is -0.606 e. The van der Waals surface area contributed by atoms with E-state index in [-0.39, 0.29) is 24.4 Å². The number of anilines is 2. The highest BCUT2D eigenvalue weighted by atomic mass is 32.2. The Morgan fingerprint density at radius 2 is 1.22 bits per heavy atom. The van der Waals surface area contributed by atoms with Crippen molar-refractivity contribution in [3.05, 3.63) is 46.5 Å². The quantitative estimate of drug-likeness (QED) is 0.317. The molecule has 8 heteroatoms. The van der Waals surface area contributed by atoms with Gasteiger partial charge in [0, 0.05) is 48.0 Å². The number of nitrogen functional groups attached to an aromatic ring is 2. The Balaban J connectivity index is 1.47. The second kappa shape index (κ2) is 8.20. The summed E-state index contributed by atoms with van der Waals surface area (Å²) < 4.78 is 36.2. The SMILES string of the molecule is Nc1c(N)c([S+]([O-])c2ccccc2CC2CO2)c(CC2CO2)c(CC2CO2)c1CC1CO1. The fourth-order valence-electron chi connectivity index (χ4n) is 4.47. The molecule has 32 heavy (non-hydrogen) atoms. The van der Waals surface area contributed by atoms with Crippen molar-refractivity contribution in [2.75, 3.05) is 37.9 Å². The summed E-state index contributed by atoms with van der Waals surface area (Å²) in [5.74, 6) is 0. The largest absolute Gasteiger partial charge is 0.606 e. The van der Waals surface area contributed by atoms with Crippen molar-refractivity contribution in [3.63, 3.8) is 0 Å². The highest BCUT2D eigenvalue weighted by molar-refractivity contribution is 7.91. The van der Waals surface area contributed by atoms with Crippen molar-refractivity contribution in [3.8, 4) is 0 Å². The van der Waals surface area contributed by atoms with Crippen LogP contribution >= 0.6 is 0 Å². The second-order valence-electron chi connectivity index (χ2n) is 9.11. The molecule has 170 valence electrons. The molecule has 0 saturated carbocycles. The molecule has 0 radical (unpaired) electrons. The van der Waals surface area contributed by atoms with Gasteiger partial charge in [-0.25, -0.2) is 0 Å². The molecule has 7 nitrogen and oxygen atoms in total. The van der Waals surface area contributed by atoms with Gasteiger partial charge in [-0.1, -0.05) is 18.2 Å². The average Bonchev–Trinajstić information content (AvgIpc) is 3.62. The number of rotatable bonds is 10. The Hall–Kier alpha value is -1.81. The maximum absolute atomic E-state index is 14.1. The van der Waals surface area contributed by atoms with Crippen LogP contribution in [0.5, 0.6) is 0 Å². The van der Waals surface area contributed by atoms with Gasteiger partial charge < -0.3 is 35.0 Å². The van der Waals surface area contributed by atoms with Crippen LogP contribution in [-0.4, -0.2) is 55.4 Å². The summed E-state index contributed by atoms with van der Waals surface area (Å²) in [6, 6.07) is 7.85. The number of nitrogens with two attached hydrogens (primary N) is 2. The fourth-order valence-corrected chi connectivity index (χ4v) is 6.02. The molecule has 4 fully saturated rings. The van der Waals surface area contributed by atoms with Crippen molar-refractivity contribution in [1.82, 2.24) is 0 Å². The minimum absolute atomic E-state index is 0.132. The van der Waals surface area contributed by atoms with Gasteiger partial charge in [-0.15, -0.1) is 0 Å². The second-order valence-corrected chi connectivity index (χ2v) is 10.5. The normalized spacial score (nSPS) is 28.4. The summed E-state index contributed by atoms with van der Waals surface area (Å²) in [6.07, 6.45) is 3.59. The third kappa shape index (κ3) is 4.35. The first-order valence-corrected chi connectivity index (χ1v) is 12.4. The molecule has 2 aromatic carbocycles. The maximum atomic E-state index is 14.1. The third-order valence-electron chi connectivity index (χ3n) is 6.57. The Kier molecular flexibility index (Phi) is 5.32. The topological polar surface area (TPSA) is 125 Å². The van der Waals surface area contributed by atoms with E-state index in [0.717, 1.165) is 66.2 Å². The van der Waals surface area contributed by atoms with E-state index < -0.39 is 11.2 Å². The zero-order valence-electron chi connectivity index (χ0n) is 17.9. The van der Waals surface area contributed by atoms with E-state index in [1.807, 2.05) is 24.3 Å². The number of epoxide rings is 4. The van der Waals surface area contributed by atoms with E-state index in [4.69, 9.17) is 30.4 Å². The first-order chi connectivity index (χ1) is 15.6. The van der Waals surface area contributed by atoms with E-state index in [1.54, 1.807) is 0 Å². The lowest BCUT2D eigenvalue weighted by Crippen LogP contribution is -2.20. The molecule has 4 N–H and O–H groups in total. The first kappa shape index (κ1) is 20.8. The molecule has 6 rings (SSSR count). The summed E-state index contributed by atoms with van der Waals surface area (Å²) in [7, 11) is 0. The van der Waals surface area contributed by atoms with Crippen LogP contribution in [0.1, 0.15) is 22.3 Å². The van der Waals surface area contributed by atoms with Gasteiger partial charge in [0.15, 0.2) is 9.79 Å². The number of hydrogen-bond acceptors (Lipinski definition) is 7. The van der Waals surface area contributed by atoms with Gasteiger partial charge in [0.25, 0.3) is 0 Å². The summed E-state index contributed by atoms with van der Waals surface area (Å²) in [5.41, 5.74) is 18.4. The van der Waals surface area contributed by atoms with Gasteiger partial charge in [0.1, 0.15) is 5.69 Å². The van der Waals surface area contributed by atoms with Gasteiger partial charge in [0.2, 0.25) is 0 Å². The van der Waals surface area contributed by atoms with Crippen molar-refractivity contribution in [2.45, 2.75) is 59.9 Å². The van der Waals surface area contributed by atoms with Crippen LogP contribution in [0.2, 0.25) is 0 Å². The van der Waals surface area contributed by atoms with E-state index >= 15 is 0 Å². The molecule has 0 spiro atoms. The maximum Gasteiger partial charge on any atom is 0.187 e. The Morgan fingerprint density at radius 3 is 1.81 bits per heavy atom. The summed E-state index contributed by atoms with van der Waals surface area (Å²) in [4.78, 5) is 1.41. The predicted octanol–water partition coefficient (Wildman–Crippen LogP) is 1.78. The van der Waals surface area contributed by atoms with Crippen LogP contribution < -0.4 is 11.5 Å². The summed E-state index contributed by atoms with van der Waals surface area (Å²) in [5, 5.41) is 0. The lowest BCUT2D eigenvalue weighted by Gasteiger charge is -2.24. The lowest BCUT2D eigenvalue weighted by atomic mass is 9.89. The highest BCUT2D eigenvalue weighted by Gasteiger charge is 2.38. The van der Waals surface area contributed by atoms with Crippen LogP contribution in [0.3, 0.4) is 0 Å². The van der Waals surface area contributed by atoms with Crippen LogP contribution in [0, 0.1) is 0 Å². The minimum atomic E-state index is -1.47. The van der Waals surface area contributed by atoms with Crippen molar-refractivity contribution in [2.24, 2.45) is 0 Å². The Labute approximate surface area is 190 Å². The lowest BCUT2D eigenvalue weighted by molar-refractivity contribution is 0.397. The molecule has 0 aromatic heterocycles. The smallest absolute Gasteiger partial charge is 0.187 e. The summed E-state index contributed by atoms with van der Waals surface area (Å²) in [6.45, 7) is 2.95. The van der Waals surface area contributed by atoms with Crippen molar-refractivity contribution >= 4 is 22.6 Å². The molecule has 4 aliphatic rings. The molecule has 4 saturated heterocycles. The molecular formula is C24H28N2O5S. The number of benzene rings is 2. The molecular weight excluding hydrogens is 428 g/mol. The van der Waals surface area contributed by atoms with Crippen LogP contribution in [-0.2, 0) is 55.8 Å². The van der Waals surface area contributed by atoms with Gasteiger partial charge >= 0.3 is 0 Å². The van der Waals surface area contributed by atoms with Crippen LogP contribution in [0.25, 0.3) is 0 Å². The van der Waals surface area contributed by atoms with Gasteiger partial charge in [0.05, 0.1) is 56.5 Å². The molecule has 0 amide bonds. The molecule has 5 atom stereocenters. The monoisotopic (exact) mass is 456 g/mol. The zero-order valence-corrected chi connectivity index (χ0v) is 18.7. The number of ether oxygens (including phenoxy) is 4. The average molecular weight is 457 g/mol. The predicted molar refractivity (Wildman–Crippen MR) is 120 cm³/mol. The molecule has 4 aliphatic heterocycles. The van der Waals surface area contributed by atoms with Gasteiger partial charge in [-0.05, 0) is 17.2 Å². The van der Waals surface area contributed by atoms with Gasteiger partial charge in [-0.2, -0.15) is 0 Å². The fraction of sp³-hybridized carbons (Fsp3) is 0.500. The van der Waals surface area contributed by atoms with Crippen molar-refractivity contribution in [1.29, 1.82) is 0 Å². The van der Waals surface area contributed by atoms with Crippen LogP contribution in [0.15, 0.2) is 34.1 Å². The molecule has 4 heterocycles. The summed E-state index contributed by atoms with van der Waals surface area (Å²) >= 11 is -1.47.